The Labute approximate surface area is 111 Å². The van der Waals surface area contributed by atoms with Crippen LogP contribution in [0.15, 0.2) is 6.33 Å². The van der Waals surface area contributed by atoms with Crippen molar-refractivity contribution in [2.45, 2.75) is 66.0 Å². The number of aromatic nitrogens is 3. The van der Waals surface area contributed by atoms with Crippen molar-refractivity contribution in [2.24, 2.45) is 5.92 Å². The minimum Gasteiger partial charge on any atom is -0.307 e. The minimum atomic E-state index is 0.324. The second-order valence-electron chi connectivity index (χ2n) is 5.16. The molecule has 0 bridgehead atoms. The molecule has 1 heterocycles. The fourth-order valence-corrected chi connectivity index (χ4v) is 2.41. The predicted octanol–water partition coefficient (Wildman–Crippen LogP) is 3.34. The number of hydrogen-bond acceptors (Lipinski definition) is 3. The van der Waals surface area contributed by atoms with Crippen LogP contribution >= 0.6 is 0 Å². The van der Waals surface area contributed by atoms with E-state index in [1.54, 1.807) is 6.33 Å². The molecule has 0 aromatic carbocycles. The molecule has 4 nitrogen and oxygen atoms in total. The molecule has 0 fully saturated rings. The summed E-state index contributed by atoms with van der Waals surface area (Å²) in [6.07, 6.45) is 5.16. The predicted molar refractivity (Wildman–Crippen MR) is 75.5 cm³/mol. The van der Waals surface area contributed by atoms with Crippen LogP contribution in [0, 0.1) is 5.92 Å². The van der Waals surface area contributed by atoms with Gasteiger partial charge < -0.3 is 5.32 Å². The van der Waals surface area contributed by atoms with E-state index in [-0.39, 0.29) is 0 Å². The van der Waals surface area contributed by atoms with Crippen LogP contribution < -0.4 is 5.32 Å². The van der Waals surface area contributed by atoms with Crippen molar-refractivity contribution in [3.63, 3.8) is 0 Å². The van der Waals surface area contributed by atoms with Gasteiger partial charge in [0.2, 0.25) is 0 Å². The molecule has 0 aliphatic carbocycles. The Hall–Kier alpha value is -0.900. The van der Waals surface area contributed by atoms with Crippen molar-refractivity contribution >= 4 is 0 Å². The van der Waals surface area contributed by atoms with Gasteiger partial charge >= 0.3 is 0 Å². The van der Waals surface area contributed by atoms with Crippen molar-refractivity contribution in [3.8, 4) is 0 Å². The van der Waals surface area contributed by atoms with Gasteiger partial charge in [0.1, 0.15) is 12.2 Å². The standard InChI is InChI=1S/C14H28N4/c1-6-9-15-13(12(7-2)8-3)14-16-10-17-18(14)11(4)5/h10-13,15H,6-9H2,1-5H3. The first-order valence-corrected chi connectivity index (χ1v) is 7.28. The zero-order valence-electron chi connectivity index (χ0n) is 12.5. The lowest BCUT2D eigenvalue weighted by atomic mass is 9.93. The van der Waals surface area contributed by atoms with E-state index in [1.165, 1.54) is 12.8 Å². The fraction of sp³-hybridized carbons (Fsp3) is 0.857. The second-order valence-corrected chi connectivity index (χ2v) is 5.16. The maximum Gasteiger partial charge on any atom is 0.144 e. The van der Waals surface area contributed by atoms with Crippen LogP contribution in [0.2, 0.25) is 0 Å². The van der Waals surface area contributed by atoms with Crippen LogP contribution in [0.5, 0.6) is 0 Å². The van der Waals surface area contributed by atoms with Gasteiger partial charge in [-0.05, 0) is 32.7 Å². The quantitative estimate of drug-likeness (QED) is 0.771. The molecular weight excluding hydrogens is 224 g/mol. The molecule has 1 unspecified atom stereocenters. The van der Waals surface area contributed by atoms with Crippen LogP contribution in [0.3, 0.4) is 0 Å². The highest BCUT2D eigenvalue weighted by Crippen LogP contribution is 2.27. The molecule has 18 heavy (non-hydrogen) atoms. The van der Waals surface area contributed by atoms with Crippen LogP contribution in [0.4, 0.5) is 0 Å². The summed E-state index contributed by atoms with van der Waals surface area (Å²) in [6, 6.07) is 0.688. The molecule has 1 rings (SSSR count). The molecule has 0 radical (unpaired) electrons. The summed E-state index contributed by atoms with van der Waals surface area (Å²) in [5.74, 6) is 1.71. The molecule has 1 N–H and O–H groups in total. The largest absolute Gasteiger partial charge is 0.307 e. The van der Waals surface area contributed by atoms with E-state index in [4.69, 9.17) is 0 Å². The smallest absolute Gasteiger partial charge is 0.144 e. The van der Waals surface area contributed by atoms with Gasteiger partial charge in [-0.2, -0.15) is 5.10 Å². The van der Waals surface area contributed by atoms with E-state index in [1.807, 2.05) is 4.68 Å². The summed E-state index contributed by atoms with van der Waals surface area (Å²) in [5.41, 5.74) is 0. The Bertz CT molecular complexity index is 328. The first-order chi connectivity index (χ1) is 8.65. The van der Waals surface area contributed by atoms with Gasteiger partial charge in [0.25, 0.3) is 0 Å². The molecule has 0 amide bonds. The van der Waals surface area contributed by atoms with Crippen LogP contribution in [0.1, 0.15) is 71.8 Å². The van der Waals surface area contributed by atoms with Gasteiger partial charge in [-0.25, -0.2) is 9.67 Å². The molecule has 0 saturated heterocycles. The third kappa shape index (κ3) is 3.55. The minimum absolute atomic E-state index is 0.324. The number of nitrogens with zero attached hydrogens (tertiary/aromatic N) is 3. The fourth-order valence-electron chi connectivity index (χ4n) is 2.41. The first-order valence-electron chi connectivity index (χ1n) is 7.28. The molecule has 0 spiro atoms. The maximum absolute atomic E-state index is 4.50. The lowest BCUT2D eigenvalue weighted by Gasteiger charge is -2.27. The Morgan fingerprint density at radius 1 is 1.22 bits per heavy atom. The van der Waals surface area contributed by atoms with Crippen LogP contribution in [-0.2, 0) is 0 Å². The number of nitrogens with one attached hydrogen (secondary N) is 1. The molecule has 0 saturated carbocycles. The summed E-state index contributed by atoms with van der Waals surface area (Å²) >= 11 is 0. The third-order valence-corrected chi connectivity index (χ3v) is 3.50. The molecule has 1 atom stereocenters. The number of hydrogen-bond donors (Lipinski definition) is 1. The third-order valence-electron chi connectivity index (χ3n) is 3.50. The van der Waals surface area contributed by atoms with Gasteiger partial charge in [-0.3, -0.25) is 0 Å². The van der Waals surface area contributed by atoms with E-state index < -0.39 is 0 Å². The summed E-state index contributed by atoms with van der Waals surface area (Å²) in [6.45, 7) is 12.1. The Balaban J connectivity index is 2.96. The molecule has 0 aliphatic rings. The SMILES string of the molecule is CCCNC(c1ncnn1C(C)C)C(CC)CC. The normalized spacial score (nSPS) is 13.5. The Kier molecular flexibility index (Phi) is 6.33. The zero-order valence-corrected chi connectivity index (χ0v) is 12.5. The summed E-state index contributed by atoms with van der Waals surface area (Å²) < 4.78 is 2.05. The van der Waals surface area contributed by atoms with Crippen molar-refractivity contribution in [1.29, 1.82) is 0 Å². The summed E-state index contributed by atoms with van der Waals surface area (Å²) in [7, 11) is 0. The van der Waals surface area contributed by atoms with Gasteiger partial charge in [0, 0.05) is 6.04 Å². The van der Waals surface area contributed by atoms with E-state index in [9.17, 15) is 0 Å². The van der Waals surface area contributed by atoms with E-state index in [0.29, 0.717) is 18.0 Å². The van der Waals surface area contributed by atoms with Crippen molar-refractivity contribution in [2.75, 3.05) is 6.54 Å². The highest BCUT2D eigenvalue weighted by atomic mass is 15.4. The topological polar surface area (TPSA) is 42.7 Å². The Morgan fingerprint density at radius 3 is 2.39 bits per heavy atom. The summed E-state index contributed by atoms with van der Waals surface area (Å²) in [5, 5.41) is 8.01. The van der Waals surface area contributed by atoms with E-state index >= 15 is 0 Å². The highest BCUT2D eigenvalue weighted by Gasteiger charge is 2.25. The van der Waals surface area contributed by atoms with Gasteiger partial charge in [-0.1, -0.05) is 33.6 Å². The zero-order chi connectivity index (χ0) is 13.5. The lowest BCUT2D eigenvalue weighted by Crippen LogP contribution is -2.31. The van der Waals surface area contributed by atoms with Gasteiger partial charge in [-0.15, -0.1) is 0 Å². The molecule has 0 aliphatic heterocycles. The molecular formula is C14H28N4. The Morgan fingerprint density at radius 2 is 1.89 bits per heavy atom. The average Bonchev–Trinajstić information content (AvgIpc) is 2.83. The first kappa shape index (κ1) is 15.2. The van der Waals surface area contributed by atoms with Gasteiger partial charge in [0.05, 0.1) is 6.04 Å². The van der Waals surface area contributed by atoms with Crippen LogP contribution in [0.25, 0.3) is 0 Å². The van der Waals surface area contributed by atoms with Crippen molar-refractivity contribution < 1.29 is 0 Å². The van der Waals surface area contributed by atoms with Crippen molar-refractivity contribution in [3.05, 3.63) is 12.2 Å². The van der Waals surface area contributed by atoms with Crippen molar-refractivity contribution in [1.82, 2.24) is 20.1 Å². The highest BCUT2D eigenvalue weighted by molar-refractivity contribution is 4.98. The van der Waals surface area contributed by atoms with Crippen LogP contribution in [-0.4, -0.2) is 21.3 Å². The molecule has 1 aromatic heterocycles. The number of rotatable bonds is 8. The maximum atomic E-state index is 4.50. The van der Waals surface area contributed by atoms with Gasteiger partial charge in [0.15, 0.2) is 0 Å². The molecule has 1 aromatic rings. The molecule has 4 heteroatoms. The summed E-state index contributed by atoms with van der Waals surface area (Å²) in [4.78, 5) is 4.50. The second kappa shape index (κ2) is 7.52. The van der Waals surface area contributed by atoms with E-state index in [2.05, 4.69) is 50.0 Å². The van der Waals surface area contributed by atoms with E-state index in [0.717, 1.165) is 18.8 Å². The lowest BCUT2D eigenvalue weighted by molar-refractivity contribution is 0.310. The monoisotopic (exact) mass is 252 g/mol. The molecule has 104 valence electrons. The average molecular weight is 252 g/mol.